The first kappa shape index (κ1) is 26.0. The molecule has 0 saturated carbocycles. The van der Waals surface area contributed by atoms with E-state index in [0.717, 1.165) is 11.1 Å². The first-order chi connectivity index (χ1) is 16.2. The monoisotopic (exact) mass is 486 g/mol. The average molecular weight is 487 g/mol. The highest BCUT2D eigenvalue weighted by Gasteiger charge is 2.42. The van der Waals surface area contributed by atoms with Crippen LogP contribution in [0.2, 0.25) is 5.02 Å². The smallest absolute Gasteiger partial charge is 0.225 e. The summed E-state index contributed by atoms with van der Waals surface area (Å²) in [5.74, 6) is 0.935. The zero-order valence-corrected chi connectivity index (χ0v) is 21.3. The Bertz CT molecular complexity index is 982. The summed E-state index contributed by atoms with van der Waals surface area (Å²) in [7, 11) is 1.79. The first-order valence-corrected chi connectivity index (χ1v) is 12.1. The summed E-state index contributed by atoms with van der Waals surface area (Å²) in [5, 5.41) is 0.666. The Hall–Kier alpha value is -2.57. The molecule has 0 unspecified atom stereocenters. The molecule has 34 heavy (non-hydrogen) atoms. The number of nitrogens with zero attached hydrogens (tertiary/aromatic N) is 2. The van der Waals surface area contributed by atoms with Crippen LogP contribution in [0.1, 0.15) is 37.8 Å². The maximum atomic E-state index is 13.3. The molecular formula is C27H35ClN2O4. The standard InChI is InChI=1S/C27H35ClN2O4/c1-20(2)14-25(31)30-12-13-34-27(18-30,19-33-23-10-11-24(28)21(3)15-23)16-26(32)29(4)17-22-8-6-5-7-9-22/h5-11,15,20H,12-14,16-19H2,1-4H3/t27-/m1/s1. The number of rotatable bonds is 9. The SMILES string of the molecule is Cc1cc(OC[C@@]2(CC(=O)N(C)Cc3ccccc3)CN(C(=O)CC(C)C)CCO2)ccc1Cl. The van der Waals surface area contributed by atoms with Crippen LogP contribution in [0.25, 0.3) is 0 Å². The molecule has 0 N–H and O–H groups in total. The van der Waals surface area contributed by atoms with Gasteiger partial charge in [-0.15, -0.1) is 0 Å². The van der Waals surface area contributed by atoms with Crippen LogP contribution >= 0.6 is 11.6 Å². The molecule has 1 heterocycles. The van der Waals surface area contributed by atoms with E-state index in [1.54, 1.807) is 24.1 Å². The highest BCUT2D eigenvalue weighted by atomic mass is 35.5. The van der Waals surface area contributed by atoms with Crippen LogP contribution in [0, 0.1) is 12.8 Å². The number of carbonyl (C=O) groups is 2. The van der Waals surface area contributed by atoms with Crippen molar-refractivity contribution in [1.29, 1.82) is 0 Å². The zero-order valence-electron chi connectivity index (χ0n) is 20.6. The second-order valence-electron chi connectivity index (χ2n) is 9.56. The summed E-state index contributed by atoms with van der Waals surface area (Å²) in [6, 6.07) is 15.3. The minimum atomic E-state index is -0.930. The maximum absolute atomic E-state index is 13.3. The largest absolute Gasteiger partial charge is 0.490 e. The van der Waals surface area contributed by atoms with Gasteiger partial charge >= 0.3 is 0 Å². The second kappa shape index (κ2) is 11.7. The van der Waals surface area contributed by atoms with E-state index in [4.69, 9.17) is 21.1 Å². The lowest BCUT2D eigenvalue weighted by Gasteiger charge is -2.43. The third kappa shape index (κ3) is 7.21. The van der Waals surface area contributed by atoms with Gasteiger partial charge in [0, 0.05) is 31.6 Å². The van der Waals surface area contributed by atoms with Crippen LogP contribution in [0.3, 0.4) is 0 Å². The maximum Gasteiger partial charge on any atom is 0.225 e. The molecule has 6 nitrogen and oxygen atoms in total. The molecule has 7 heteroatoms. The number of aryl methyl sites for hydroxylation is 1. The highest BCUT2D eigenvalue weighted by molar-refractivity contribution is 6.31. The molecule has 1 aliphatic rings. The molecule has 0 radical (unpaired) electrons. The second-order valence-corrected chi connectivity index (χ2v) is 9.96. The van der Waals surface area contributed by atoms with Crippen molar-refractivity contribution < 1.29 is 19.1 Å². The molecule has 0 aromatic heterocycles. The lowest BCUT2D eigenvalue weighted by molar-refractivity contribution is -0.166. The fourth-order valence-corrected chi connectivity index (χ4v) is 4.18. The van der Waals surface area contributed by atoms with E-state index in [9.17, 15) is 9.59 Å². The van der Waals surface area contributed by atoms with Crippen LogP contribution < -0.4 is 4.74 Å². The molecule has 3 rings (SSSR count). The minimum absolute atomic E-state index is 0.0575. The Morgan fingerprint density at radius 1 is 1.21 bits per heavy atom. The molecule has 1 saturated heterocycles. The number of halogens is 1. The van der Waals surface area contributed by atoms with Crippen molar-refractivity contribution >= 4 is 23.4 Å². The van der Waals surface area contributed by atoms with Gasteiger partial charge in [0.1, 0.15) is 18.0 Å². The normalized spacial score (nSPS) is 18.1. The summed E-state index contributed by atoms with van der Waals surface area (Å²) in [4.78, 5) is 29.6. The van der Waals surface area contributed by atoms with Gasteiger partial charge < -0.3 is 19.3 Å². The molecule has 2 amide bonds. The molecule has 0 aliphatic carbocycles. The summed E-state index contributed by atoms with van der Waals surface area (Å²) >= 11 is 6.15. The Balaban J connectivity index is 1.76. The van der Waals surface area contributed by atoms with Gasteiger partial charge in [-0.1, -0.05) is 55.8 Å². The molecule has 1 atom stereocenters. The molecule has 184 valence electrons. The Kier molecular flexibility index (Phi) is 8.97. The van der Waals surface area contributed by atoms with E-state index < -0.39 is 5.60 Å². The van der Waals surface area contributed by atoms with Crippen LogP contribution in [0.4, 0.5) is 0 Å². The molecule has 1 fully saturated rings. The Morgan fingerprint density at radius 3 is 2.62 bits per heavy atom. The van der Waals surface area contributed by atoms with E-state index in [2.05, 4.69) is 0 Å². The molecule has 2 aromatic rings. The Morgan fingerprint density at radius 2 is 1.94 bits per heavy atom. The van der Waals surface area contributed by atoms with E-state index in [0.29, 0.717) is 43.4 Å². The zero-order chi connectivity index (χ0) is 24.7. The topological polar surface area (TPSA) is 59.1 Å². The first-order valence-electron chi connectivity index (χ1n) is 11.8. The summed E-state index contributed by atoms with van der Waals surface area (Å²) < 4.78 is 12.3. The average Bonchev–Trinajstić information content (AvgIpc) is 2.80. The minimum Gasteiger partial charge on any atom is -0.490 e. The van der Waals surface area contributed by atoms with Crippen LogP contribution in [-0.2, 0) is 20.9 Å². The number of hydrogen-bond donors (Lipinski definition) is 0. The molecular weight excluding hydrogens is 452 g/mol. The van der Waals surface area contributed by atoms with E-state index in [-0.39, 0.29) is 30.8 Å². The fraction of sp³-hybridized carbons (Fsp3) is 0.481. The predicted molar refractivity (Wildman–Crippen MR) is 134 cm³/mol. The highest BCUT2D eigenvalue weighted by Crippen LogP contribution is 2.28. The van der Waals surface area contributed by atoms with Crippen molar-refractivity contribution in [3.05, 3.63) is 64.7 Å². The van der Waals surface area contributed by atoms with Crippen molar-refractivity contribution in [2.24, 2.45) is 5.92 Å². The third-order valence-corrected chi connectivity index (χ3v) is 6.40. The van der Waals surface area contributed by atoms with Crippen LogP contribution in [-0.4, -0.2) is 60.6 Å². The fourth-order valence-electron chi connectivity index (χ4n) is 4.06. The van der Waals surface area contributed by atoms with E-state index >= 15 is 0 Å². The van der Waals surface area contributed by atoms with Gasteiger partial charge in [-0.3, -0.25) is 9.59 Å². The van der Waals surface area contributed by atoms with Gasteiger partial charge in [0.2, 0.25) is 11.8 Å². The van der Waals surface area contributed by atoms with Gasteiger partial charge in [0.15, 0.2) is 0 Å². The van der Waals surface area contributed by atoms with Crippen LogP contribution in [0.15, 0.2) is 48.5 Å². The van der Waals surface area contributed by atoms with Gasteiger partial charge in [-0.05, 0) is 42.2 Å². The summed E-state index contributed by atoms with van der Waals surface area (Å²) in [6.45, 7) is 7.82. The van der Waals surface area contributed by atoms with Crippen molar-refractivity contribution in [3.8, 4) is 5.75 Å². The van der Waals surface area contributed by atoms with Crippen molar-refractivity contribution in [1.82, 2.24) is 9.80 Å². The van der Waals surface area contributed by atoms with E-state index in [1.165, 1.54) is 0 Å². The molecule has 2 aromatic carbocycles. The van der Waals surface area contributed by atoms with Gasteiger partial charge in [-0.25, -0.2) is 0 Å². The van der Waals surface area contributed by atoms with Gasteiger partial charge in [0.05, 0.1) is 19.6 Å². The lowest BCUT2D eigenvalue weighted by atomic mass is 9.96. The number of morpholine rings is 1. The van der Waals surface area contributed by atoms with Gasteiger partial charge in [0.25, 0.3) is 0 Å². The van der Waals surface area contributed by atoms with Crippen LogP contribution in [0.5, 0.6) is 5.75 Å². The number of carbonyl (C=O) groups excluding carboxylic acids is 2. The number of hydrogen-bond acceptors (Lipinski definition) is 4. The number of amides is 2. The molecule has 0 spiro atoms. The van der Waals surface area contributed by atoms with Crippen molar-refractivity contribution in [2.45, 2.75) is 45.8 Å². The summed E-state index contributed by atoms with van der Waals surface area (Å²) in [5.41, 5.74) is 1.03. The molecule has 1 aliphatic heterocycles. The summed E-state index contributed by atoms with van der Waals surface area (Å²) in [6.07, 6.45) is 0.587. The van der Waals surface area contributed by atoms with Crippen molar-refractivity contribution in [2.75, 3.05) is 33.4 Å². The molecule has 0 bridgehead atoms. The van der Waals surface area contributed by atoms with Crippen molar-refractivity contribution in [3.63, 3.8) is 0 Å². The van der Waals surface area contributed by atoms with E-state index in [1.807, 2.05) is 62.1 Å². The Labute approximate surface area is 207 Å². The lowest BCUT2D eigenvalue weighted by Crippen LogP contribution is -2.58. The quantitative estimate of drug-likeness (QED) is 0.514. The number of ether oxygens (including phenoxy) is 2. The van der Waals surface area contributed by atoms with Gasteiger partial charge in [-0.2, -0.15) is 0 Å². The third-order valence-electron chi connectivity index (χ3n) is 5.98. The number of benzene rings is 2. The predicted octanol–water partition coefficient (Wildman–Crippen LogP) is 4.72.